The molecule has 1 spiro atoms. The van der Waals surface area contributed by atoms with Crippen molar-refractivity contribution in [2.24, 2.45) is 17.8 Å². The van der Waals surface area contributed by atoms with Crippen molar-refractivity contribution in [1.82, 2.24) is 0 Å². The second kappa shape index (κ2) is 11.3. The van der Waals surface area contributed by atoms with Gasteiger partial charge in [-0.15, -0.1) is 0 Å². The molecule has 0 aromatic carbocycles. The highest BCUT2D eigenvalue weighted by atomic mass is 28.4. The van der Waals surface area contributed by atoms with Gasteiger partial charge in [0, 0.05) is 25.7 Å². The predicted octanol–water partition coefficient (Wildman–Crippen LogP) is 5.76. The quantitative estimate of drug-likeness (QED) is 0.383. The number of hydrogen-bond donors (Lipinski definition) is 1. The molecule has 4 saturated heterocycles. The molecular formula is C28H50O7Si. The maximum absolute atomic E-state index is 11.9. The van der Waals surface area contributed by atoms with Gasteiger partial charge in [0.15, 0.2) is 14.1 Å². The van der Waals surface area contributed by atoms with E-state index in [1.54, 1.807) is 0 Å². The molecule has 4 aliphatic rings. The van der Waals surface area contributed by atoms with Gasteiger partial charge in [-0.05, 0) is 35.9 Å². The van der Waals surface area contributed by atoms with E-state index in [9.17, 15) is 9.90 Å². The zero-order valence-corrected chi connectivity index (χ0v) is 24.5. The molecule has 0 amide bonds. The van der Waals surface area contributed by atoms with Crippen molar-refractivity contribution in [3.05, 3.63) is 0 Å². The van der Waals surface area contributed by atoms with Gasteiger partial charge < -0.3 is 28.5 Å². The molecule has 0 bridgehead atoms. The van der Waals surface area contributed by atoms with Gasteiger partial charge in [-0.2, -0.15) is 0 Å². The van der Waals surface area contributed by atoms with Gasteiger partial charge >= 0.3 is 5.97 Å². The highest BCUT2D eigenvalue weighted by Crippen LogP contribution is 2.50. The van der Waals surface area contributed by atoms with Crippen molar-refractivity contribution in [3.8, 4) is 0 Å². The summed E-state index contributed by atoms with van der Waals surface area (Å²) >= 11 is 0. The van der Waals surface area contributed by atoms with Crippen molar-refractivity contribution >= 4 is 14.3 Å². The van der Waals surface area contributed by atoms with E-state index < -0.39 is 26.2 Å². The lowest BCUT2D eigenvalue weighted by Gasteiger charge is -2.56. The SMILES string of the molecule is CC[C@H](C)[C@@H]1C[C@H]2O[C@@H]3[C@H](C[C@H]2O1)O[C@]1(C[C@H](C)C(O[Si](CC)(CC)CC)[C@H](CC(=O)O)O1)C[C@@H]3C. The van der Waals surface area contributed by atoms with Crippen molar-refractivity contribution in [3.63, 3.8) is 0 Å². The zero-order chi connectivity index (χ0) is 26.3. The Morgan fingerprint density at radius 1 is 0.972 bits per heavy atom. The molecule has 0 aromatic heterocycles. The first-order valence-corrected chi connectivity index (χ1v) is 17.2. The molecule has 4 heterocycles. The fraction of sp³-hybridized carbons (Fsp3) is 0.964. The van der Waals surface area contributed by atoms with E-state index in [2.05, 4.69) is 48.5 Å². The first-order chi connectivity index (χ1) is 17.1. The molecule has 8 heteroatoms. The Labute approximate surface area is 219 Å². The Kier molecular flexibility index (Phi) is 8.95. The van der Waals surface area contributed by atoms with Crippen LogP contribution in [0.15, 0.2) is 0 Å². The fourth-order valence-corrected chi connectivity index (χ4v) is 10.3. The summed E-state index contributed by atoms with van der Waals surface area (Å²) in [6, 6.07) is 3.09. The van der Waals surface area contributed by atoms with E-state index in [1.807, 2.05) is 0 Å². The van der Waals surface area contributed by atoms with Crippen LogP contribution in [0.5, 0.6) is 0 Å². The standard InChI is InChI=1S/C28H50O7Si/c1-8-17(5)20-12-22-21(31-20)13-23-26(32-22)18(6)15-28(33-23)16-19(7)27(24(34-28)14-25(29)30)35-36(9-2,10-3)11-4/h17-24,26-27H,8-16H2,1-7H3,(H,29,30)/t17-,18-,19-,20-,21+,22+,23-,24-,26-,27?,28+/m0/s1. The fourth-order valence-electron chi connectivity index (χ4n) is 7.31. The molecule has 0 aromatic rings. The Balaban J connectivity index is 1.51. The van der Waals surface area contributed by atoms with Crippen LogP contribution in [-0.4, -0.2) is 67.9 Å². The lowest BCUT2D eigenvalue weighted by molar-refractivity contribution is -0.372. The highest BCUT2D eigenvalue weighted by molar-refractivity contribution is 6.73. The molecule has 0 radical (unpaired) electrons. The summed E-state index contributed by atoms with van der Waals surface area (Å²) in [4.78, 5) is 11.9. The Morgan fingerprint density at radius 2 is 1.61 bits per heavy atom. The number of fused-ring (bicyclic) bond motifs is 2. The van der Waals surface area contributed by atoms with Crippen LogP contribution in [0, 0.1) is 17.8 Å². The number of hydrogen-bond acceptors (Lipinski definition) is 6. The van der Waals surface area contributed by atoms with Gasteiger partial charge in [-0.1, -0.05) is 54.9 Å². The van der Waals surface area contributed by atoms with E-state index in [-0.39, 0.29) is 54.9 Å². The molecule has 1 N–H and O–H groups in total. The number of carboxylic acid groups (broad SMARTS) is 1. The first kappa shape index (κ1) is 28.5. The van der Waals surface area contributed by atoms with Gasteiger partial charge in [0.2, 0.25) is 0 Å². The van der Waals surface area contributed by atoms with E-state index in [0.29, 0.717) is 18.8 Å². The molecule has 7 nitrogen and oxygen atoms in total. The summed E-state index contributed by atoms with van der Waals surface area (Å²) in [7, 11) is -1.93. The minimum absolute atomic E-state index is 0.0299. The van der Waals surface area contributed by atoms with Crippen LogP contribution in [-0.2, 0) is 28.2 Å². The van der Waals surface area contributed by atoms with Gasteiger partial charge in [0.25, 0.3) is 0 Å². The van der Waals surface area contributed by atoms with Gasteiger partial charge in [-0.3, -0.25) is 4.79 Å². The van der Waals surface area contributed by atoms with E-state index in [4.69, 9.17) is 23.4 Å². The Hall–Kier alpha value is -0.513. The largest absolute Gasteiger partial charge is 0.481 e. The number of carboxylic acids is 1. The first-order valence-electron chi connectivity index (χ1n) is 14.6. The van der Waals surface area contributed by atoms with Gasteiger partial charge in [0.05, 0.1) is 49.1 Å². The van der Waals surface area contributed by atoms with Crippen LogP contribution in [0.4, 0.5) is 0 Å². The molecule has 208 valence electrons. The lowest BCUT2D eigenvalue weighted by Crippen LogP contribution is -2.64. The molecule has 36 heavy (non-hydrogen) atoms. The second-order valence-electron chi connectivity index (χ2n) is 12.2. The van der Waals surface area contributed by atoms with Gasteiger partial charge in [0.1, 0.15) is 0 Å². The summed E-state index contributed by atoms with van der Waals surface area (Å²) in [5.74, 6) is -0.710. The van der Waals surface area contributed by atoms with E-state index >= 15 is 0 Å². The third kappa shape index (κ3) is 5.59. The molecule has 0 saturated carbocycles. The number of aliphatic carboxylic acids is 1. The number of carbonyl (C=O) groups is 1. The molecule has 11 atom stereocenters. The zero-order valence-electron chi connectivity index (χ0n) is 23.5. The summed E-state index contributed by atoms with van der Waals surface area (Å²) in [5, 5.41) is 9.76. The summed E-state index contributed by atoms with van der Waals surface area (Å²) in [6.07, 6.45) is 3.90. The summed E-state index contributed by atoms with van der Waals surface area (Å²) < 4.78 is 33.4. The predicted molar refractivity (Wildman–Crippen MR) is 140 cm³/mol. The molecular weight excluding hydrogens is 476 g/mol. The van der Waals surface area contributed by atoms with Crippen LogP contribution >= 0.6 is 0 Å². The van der Waals surface area contributed by atoms with Crippen LogP contribution in [0.2, 0.25) is 18.1 Å². The Morgan fingerprint density at radius 3 is 2.22 bits per heavy atom. The summed E-state index contributed by atoms with van der Waals surface area (Å²) in [6.45, 7) is 15.5. The Bertz CT molecular complexity index is 752. The van der Waals surface area contributed by atoms with E-state index in [0.717, 1.165) is 37.4 Å². The summed E-state index contributed by atoms with van der Waals surface area (Å²) in [5.41, 5.74) is 0. The van der Waals surface area contributed by atoms with Crippen molar-refractivity contribution in [2.75, 3.05) is 0 Å². The van der Waals surface area contributed by atoms with Crippen molar-refractivity contribution < 1.29 is 33.3 Å². The maximum atomic E-state index is 11.9. The van der Waals surface area contributed by atoms with Gasteiger partial charge in [-0.25, -0.2) is 0 Å². The minimum atomic E-state index is -1.93. The molecule has 1 unspecified atom stereocenters. The smallest absolute Gasteiger partial charge is 0.306 e. The van der Waals surface area contributed by atoms with Crippen LogP contribution in [0.3, 0.4) is 0 Å². The molecule has 4 rings (SSSR count). The van der Waals surface area contributed by atoms with Crippen molar-refractivity contribution in [2.45, 2.75) is 154 Å². The van der Waals surface area contributed by atoms with Crippen LogP contribution < -0.4 is 0 Å². The molecule has 0 aliphatic carbocycles. The molecule has 4 aliphatic heterocycles. The minimum Gasteiger partial charge on any atom is -0.481 e. The van der Waals surface area contributed by atoms with Crippen LogP contribution in [0.1, 0.15) is 87.0 Å². The molecule has 4 fully saturated rings. The lowest BCUT2D eigenvalue weighted by atomic mass is 9.78. The van der Waals surface area contributed by atoms with Crippen LogP contribution in [0.25, 0.3) is 0 Å². The second-order valence-corrected chi connectivity index (χ2v) is 16.9. The van der Waals surface area contributed by atoms with E-state index in [1.165, 1.54) is 0 Å². The average molecular weight is 527 g/mol. The van der Waals surface area contributed by atoms with Crippen molar-refractivity contribution in [1.29, 1.82) is 0 Å². The maximum Gasteiger partial charge on any atom is 0.306 e. The topological polar surface area (TPSA) is 83.5 Å². The normalized spacial score (nSPS) is 43.7. The third-order valence-corrected chi connectivity index (χ3v) is 14.5. The highest BCUT2D eigenvalue weighted by Gasteiger charge is 2.58. The number of rotatable bonds is 9. The monoisotopic (exact) mass is 526 g/mol. The third-order valence-electron chi connectivity index (χ3n) is 9.85. The number of ether oxygens (including phenoxy) is 4. The average Bonchev–Trinajstić information content (AvgIpc) is 3.25.